The van der Waals surface area contributed by atoms with Gasteiger partial charge in [-0.3, -0.25) is 19.2 Å². The number of halogens is 1. The molecule has 2 aromatic carbocycles. The quantitative estimate of drug-likeness (QED) is 0.0600. The van der Waals surface area contributed by atoms with Gasteiger partial charge in [0.05, 0.1) is 17.0 Å². The summed E-state index contributed by atoms with van der Waals surface area (Å²) in [5, 5.41) is 11.1. The molecular weight excluding hydrogens is 854 g/mol. The van der Waals surface area contributed by atoms with Crippen molar-refractivity contribution >= 4 is 52.1 Å². The molecule has 2 aliphatic carbocycles. The molecule has 354 valence electrons. The average Bonchev–Trinajstić information content (AvgIpc) is 3.91. The lowest BCUT2D eigenvalue weighted by Gasteiger charge is -2.39. The Bertz CT molecular complexity index is 2290. The highest BCUT2D eigenvalue weighted by Crippen LogP contribution is 2.47. The number of anilines is 1. The number of hydrogen-bond donors (Lipinski definition) is 5. The van der Waals surface area contributed by atoms with Crippen LogP contribution in [0.4, 0.5) is 5.82 Å². The summed E-state index contributed by atoms with van der Waals surface area (Å²) in [5.74, 6) is 0.854. The summed E-state index contributed by atoms with van der Waals surface area (Å²) < 4.78 is 6.08. The van der Waals surface area contributed by atoms with E-state index in [1.165, 1.54) is 0 Å². The van der Waals surface area contributed by atoms with Gasteiger partial charge >= 0.3 is 0 Å². The minimum atomic E-state index is -1.02. The third-order valence-electron chi connectivity index (χ3n) is 14.7. The Morgan fingerprint density at radius 1 is 0.894 bits per heavy atom. The number of ether oxygens (including phenoxy) is 1. The number of nitrogens with two attached hydrogens (primary N) is 1. The van der Waals surface area contributed by atoms with Gasteiger partial charge in [0, 0.05) is 74.1 Å². The SMILES string of the molecule is CC1(C(=O)N2CCCC(c3cccc(C(=O)N[C@@H](C(=O)NCCCCCOCC[C@H](NC(=O)C4(N)CCN(c5ncnc6[nH]ccc56)CC4)c4ccc(Cl)cc4)C4CCCCC4)c3)C2)CC1. The maximum atomic E-state index is 13.8. The predicted molar refractivity (Wildman–Crippen MR) is 257 cm³/mol. The molecule has 6 N–H and O–H groups in total. The summed E-state index contributed by atoms with van der Waals surface area (Å²) in [6, 6.07) is 16.3. The van der Waals surface area contributed by atoms with Gasteiger partial charge in [-0.2, -0.15) is 0 Å². The van der Waals surface area contributed by atoms with Crippen LogP contribution in [-0.2, 0) is 19.1 Å². The van der Waals surface area contributed by atoms with Crippen molar-refractivity contribution in [1.29, 1.82) is 0 Å². The van der Waals surface area contributed by atoms with Crippen LogP contribution >= 0.6 is 11.6 Å². The van der Waals surface area contributed by atoms with E-state index in [1.807, 2.05) is 59.6 Å². The largest absolute Gasteiger partial charge is 0.381 e. The first-order valence-electron chi connectivity index (χ1n) is 24.4. The van der Waals surface area contributed by atoms with Crippen molar-refractivity contribution in [3.63, 3.8) is 0 Å². The van der Waals surface area contributed by atoms with Gasteiger partial charge in [-0.25, -0.2) is 9.97 Å². The number of H-pyrrole nitrogens is 1. The fourth-order valence-corrected chi connectivity index (χ4v) is 10.3. The first kappa shape index (κ1) is 47.4. The number of likely N-dealkylation sites (tertiary alicyclic amines) is 1. The molecule has 0 spiro atoms. The molecule has 4 amide bonds. The van der Waals surface area contributed by atoms with Crippen LogP contribution < -0.4 is 26.6 Å². The van der Waals surface area contributed by atoms with Crippen LogP contribution in [0.1, 0.15) is 137 Å². The Hall–Kier alpha value is -5.05. The number of rotatable bonds is 19. The van der Waals surface area contributed by atoms with E-state index in [-0.39, 0.29) is 46.9 Å². The molecule has 8 rings (SSSR count). The zero-order valence-corrected chi connectivity index (χ0v) is 39.3. The van der Waals surface area contributed by atoms with Gasteiger partial charge in [0.15, 0.2) is 0 Å². The molecule has 4 aromatic rings. The van der Waals surface area contributed by atoms with Crippen molar-refractivity contribution in [2.75, 3.05) is 50.8 Å². The number of aromatic nitrogens is 3. The minimum absolute atomic E-state index is 0.0948. The molecule has 4 heterocycles. The van der Waals surface area contributed by atoms with Gasteiger partial charge < -0.3 is 41.2 Å². The van der Waals surface area contributed by atoms with Crippen molar-refractivity contribution in [2.24, 2.45) is 17.1 Å². The van der Waals surface area contributed by atoms with E-state index >= 15 is 0 Å². The number of carbonyl (C=O) groups excluding carboxylic acids is 4. The van der Waals surface area contributed by atoms with E-state index in [0.717, 1.165) is 112 Å². The summed E-state index contributed by atoms with van der Waals surface area (Å²) in [7, 11) is 0. The fraction of sp³-hybridized carbons (Fsp3) is 0.569. The summed E-state index contributed by atoms with van der Waals surface area (Å²) in [4.78, 5) is 70.6. The highest BCUT2D eigenvalue weighted by Gasteiger charge is 2.48. The Balaban J connectivity index is 0.769. The van der Waals surface area contributed by atoms with Gasteiger partial charge in [-0.15, -0.1) is 0 Å². The number of fused-ring (bicyclic) bond motifs is 1. The maximum Gasteiger partial charge on any atom is 0.251 e. The zero-order valence-electron chi connectivity index (χ0n) is 38.5. The molecule has 4 fully saturated rings. The predicted octanol–water partition coefficient (Wildman–Crippen LogP) is 7.34. The number of hydrogen-bond acceptors (Lipinski definition) is 9. The number of nitrogens with zero attached hydrogens (tertiary/aromatic N) is 4. The van der Waals surface area contributed by atoms with Gasteiger partial charge in [0.25, 0.3) is 5.91 Å². The van der Waals surface area contributed by atoms with Crippen molar-refractivity contribution in [2.45, 2.75) is 127 Å². The number of unbranched alkanes of at least 4 members (excludes halogenated alkanes) is 2. The molecule has 66 heavy (non-hydrogen) atoms. The minimum Gasteiger partial charge on any atom is -0.381 e. The third kappa shape index (κ3) is 11.7. The van der Waals surface area contributed by atoms with Crippen LogP contribution in [0.5, 0.6) is 0 Å². The van der Waals surface area contributed by atoms with E-state index < -0.39 is 11.6 Å². The molecule has 14 nitrogen and oxygen atoms in total. The third-order valence-corrected chi connectivity index (χ3v) is 14.9. The first-order valence-corrected chi connectivity index (χ1v) is 24.8. The van der Waals surface area contributed by atoms with Gasteiger partial charge in [0.2, 0.25) is 17.7 Å². The van der Waals surface area contributed by atoms with Crippen molar-refractivity contribution < 1.29 is 23.9 Å². The van der Waals surface area contributed by atoms with E-state index in [2.05, 4.69) is 48.8 Å². The second-order valence-corrected chi connectivity index (χ2v) is 20.0. The van der Waals surface area contributed by atoms with E-state index in [1.54, 1.807) is 6.33 Å². The lowest BCUT2D eigenvalue weighted by molar-refractivity contribution is -0.137. The number of benzene rings is 2. The average molecular weight is 923 g/mol. The smallest absolute Gasteiger partial charge is 0.251 e. The molecule has 0 bridgehead atoms. The van der Waals surface area contributed by atoms with Crippen LogP contribution in [0.3, 0.4) is 0 Å². The molecule has 1 unspecified atom stereocenters. The maximum absolute atomic E-state index is 13.8. The molecule has 2 saturated heterocycles. The van der Waals surface area contributed by atoms with Crippen molar-refractivity contribution in [3.05, 3.63) is 88.8 Å². The van der Waals surface area contributed by atoms with Crippen LogP contribution in [0.15, 0.2) is 67.1 Å². The number of aromatic amines is 1. The van der Waals surface area contributed by atoms with Gasteiger partial charge in [0.1, 0.15) is 23.8 Å². The van der Waals surface area contributed by atoms with Gasteiger partial charge in [-0.05, 0) is 124 Å². The van der Waals surface area contributed by atoms with Gasteiger partial charge in [-0.1, -0.05) is 62.1 Å². The van der Waals surface area contributed by atoms with Crippen LogP contribution in [0.2, 0.25) is 5.02 Å². The second-order valence-electron chi connectivity index (χ2n) is 19.5. The Morgan fingerprint density at radius 2 is 1.68 bits per heavy atom. The van der Waals surface area contributed by atoms with Crippen LogP contribution in [-0.4, -0.2) is 101 Å². The highest BCUT2D eigenvalue weighted by atomic mass is 35.5. The van der Waals surface area contributed by atoms with E-state index in [9.17, 15) is 19.2 Å². The Kier molecular flexibility index (Phi) is 15.6. The topological polar surface area (TPSA) is 188 Å². The first-order chi connectivity index (χ1) is 32.0. The normalized spacial score (nSPS) is 20.3. The lowest BCUT2D eigenvalue weighted by atomic mass is 9.83. The van der Waals surface area contributed by atoms with E-state index in [0.29, 0.717) is 69.2 Å². The molecule has 2 saturated carbocycles. The molecule has 0 radical (unpaired) electrons. The Labute approximate surface area is 393 Å². The molecule has 4 aliphatic rings. The van der Waals surface area contributed by atoms with Crippen LogP contribution in [0.25, 0.3) is 11.0 Å². The zero-order chi connectivity index (χ0) is 46.1. The standard InChI is InChI=1S/C51H68ClN9O5/c1-50(21-22-50)49(65)61-27-9-14-39(33-61)37-12-8-13-38(32-37)46(62)59-43(36-10-4-2-5-11-36)47(63)55-25-6-3-7-30-66-31-20-42(35-15-17-40(52)18-16-35)58-48(64)51(53)23-28-60(29-24-51)45-41-19-26-54-44(41)56-34-57-45/h8,12-13,15-19,26,32,34,36,39,42-43H,2-7,9-11,14,20-25,27-31,33,53H2,1H3,(H,55,63)(H,58,64)(H,59,62)(H,54,56,57)/t39?,42-,43+/m0/s1. The number of amides is 4. The van der Waals surface area contributed by atoms with Crippen molar-refractivity contribution in [1.82, 2.24) is 35.8 Å². The molecular formula is C51H68ClN9O5. The summed E-state index contributed by atoms with van der Waals surface area (Å²) in [6.45, 7) is 6.26. The number of carbonyl (C=O) groups is 4. The van der Waals surface area contributed by atoms with Crippen LogP contribution in [0, 0.1) is 11.3 Å². The van der Waals surface area contributed by atoms with Crippen molar-refractivity contribution in [3.8, 4) is 0 Å². The van der Waals surface area contributed by atoms with E-state index in [4.69, 9.17) is 22.1 Å². The molecule has 2 aliphatic heterocycles. The summed E-state index contributed by atoms with van der Waals surface area (Å²) in [6.07, 6.45) is 16.4. The summed E-state index contributed by atoms with van der Waals surface area (Å²) in [5.41, 5.74) is 8.93. The summed E-state index contributed by atoms with van der Waals surface area (Å²) >= 11 is 6.22. The Morgan fingerprint density at radius 3 is 2.45 bits per heavy atom. The lowest BCUT2D eigenvalue weighted by Crippen LogP contribution is -2.60. The number of nitrogens with one attached hydrogen (secondary N) is 4. The second kappa shape index (κ2) is 21.7. The fourth-order valence-electron chi connectivity index (χ4n) is 10.1. The molecule has 2 aromatic heterocycles. The monoisotopic (exact) mass is 922 g/mol. The highest BCUT2D eigenvalue weighted by molar-refractivity contribution is 6.30. The molecule has 3 atom stereocenters. The molecule has 15 heteroatoms. The number of piperidine rings is 2.